The monoisotopic (exact) mass is 206 g/mol. The van der Waals surface area contributed by atoms with Crippen LogP contribution >= 0.6 is 0 Å². The Morgan fingerprint density at radius 1 is 1.60 bits per heavy atom. The first-order chi connectivity index (χ1) is 7.33. The second-order valence-corrected chi connectivity index (χ2v) is 3.33. The normalized spacial score (nSPS) is 12.9. The average Bonchev–Trinajstić information content (AvgIpc) is 2.87. The Kier molecular flexibility index (Phi) is 2.77. The number of nitrogens with two attached hydrogens (primary N) is 1. The van der Waals surface area contributed by atoms with Crippen molar-refractivity contribution in [2.75, 3.05) is 0 Å². The molecule has 0 radical (unpaired) electrons. The summed E-state index contributed by atoms with van der Waals surface area (Å²) in [5, 5.41) is 7.84. The van der Waals surface area contributed by atoms with Crippen LogP contribution in [0.1, 0.15) is 30.9 Å². The maximum atomic E-state index is 6.04. The van der Waals surface area contributed by atoms with Gasteiger partial charge in [0.15, 0.2) is 0 Å². The Morgan fingerprint density at radius 3 is 3.13 bits per heavy atom. The minimum Gasteiger partial charge on any atom is -0.347 e. The fraction of sp³-hybridized carbons (Fsp3) is 0.444. The zero-order valence-corrected chi connectivity index (χ0v) is 8.59. The molecule has 0 aromatic carbocycles. The van der Waals surface area contributed by atoms with E-state index in [-0.39, 0.29) is 6.04 Å². The van der Waals surface area contributed by atoms with Gasteiger partial charge >= 0.3 is 0 Å². The molecule has 0 aliphatic rings. The molecular formula is C9H14N6. The van der Waals surface area contributed by atoms with Crippen LogP contribution < -0.4 is 5.73 Å². The molecule has 0 aliphatic carbocycles. The van der Waals surface area contributed by atoms with E-state index < -0.39 is 0 Å². The van der Waals surface area contributed by atoms with Crippen LogP contribution in [0, 0.1) is 0 Å². The van der Waals surface area contributed by atoms with Gasteiger partial charge < -0.3 is 10.7 Å². The van der Waals surface area contributed by atoms with Crippen LogP contribution in [0.2, 0.25) is 0 Å². The summed E-state index contributed by atoms with van der Waals surface area (Å²) in [4.78, 5) is 7.11. The molecule has 6 nitrogen and oxygen atoms in total. The van der Waals surface area contributed by atoms with Crippen LogP contribution in [0.25, 0.3) is 0 Å². The largest absolute Gasteiger partial charge is 0.347 e. The third kappa shape index (κ3) is 1.89. The molecule has 0 spiro atoms. The molecule has 1 unspecified atom stereocenters. The lowest BCUT2D eigenvalue weighted by atomic mass is 10.2. The molecule has 15 heavy (non-hydrogen) atoms. The first-order valence-electron chi connectivity index (χ1n) is 4.96. The van der Waals surface area contributed by atoms with Crippen molar-refractivity contribution in [2.24, 2.45) is 5.73 Å². The van der Waals surface area contributed by atoms with Crippen molar-refractivity contribution in [1.29, 1.82) is 0 Å². The Balaban J connectivity index is 2.25. The van der Waals surface area contributed by atoms with Crippen molar-refractivity contribution in [3.63, 3.8) is 0 Å². The van der Waals surface area contributed by atoms with Gasteiger partial charge in [-0.25, -0.2) is 9.67 Å². The quantitative estimate of drug-likeness (QED) is 0.761. The number of nitrogens with zero attached hydrogens (tertiary/aromatic N) is 4. The highest BCUT2D eigenvalue weighted by molar-refractivity contribution is 5.12. The van der Waals surface area contributed by atoms with Gasteiger partial charge in [0.1, 0.15) is 11.9 Å². The number of aromatic amines is 1. The predicted molar refractivity (Wildman–Crippen MR) is 54.9 cm³/mol. The summed E-state index contributed by atoms with van der Waals surface area (Å²) >= 11 is 0. The van der Waals surface area contributed by atoms with Crippen molar-refractivity contribution in [3.8, 4) is 0 Å². The van der Waals surface area contributed by atoms with Crippen molar-refractivity contribution in [2.45, 2.75) is 25.9 Å². The molecule has 2 rings (SSSR count). The van der Waals surface area contributed by atoms with E-state index >= 15 is 0 Å². The lowest BCUT2D eigenvalue weighted by molar-refractivity contribution is 0.539. The Labute approximate surface area is 87.5 Å². The van der Waals surface area contributed by atoms with Gasteiger partial charge in [-0.1, -0.05) is 12.1 Å². The minimum atomic E-state index is -0.290. The van der Waals surface area contributed by atoms with Crippen LogP contribution in [-0.4, -0.2) is 25.0 Å². The van der Waals surface area contributed by atoms with E-state index in [1.165, 1.54) is 0 Å². The van der Waals surface area contributed by atoms with Gasteiger partial charge in [-0.3, -0.25) is 0 Å². The molecule has 6 heteroatoms. The highest BCUT2D eigenvalue weighted by Gasteiger charge is 2.16. The van der Waals surface area contributed by atoms with E-state index in [2.05, 4.69) is 27.2 Å². The number of hydrogen-bond acceptors (Lipinski definition) is 4. The van der Waals surface area contributed by atoms with E-state index in [0.717, 1.165) is 24.5 Å². The van der Waals surface area contributed by atoms with Gasteiger partial charge in [0.25, 0.3) is 0 Å². The van der Waals surface area contributed by atoms with Crippen molar-refractivity contribution >= 4 is 0 Å². The van der Waals surface area contributed by atoms with Crippen LogP contribution in [0.4, 0.5) is 0 Å². The Hall–Kier alpha value is -1.69. The van der Waals surface area contributed by atoms with Crippen LogP contribution in [0.5, 0.6) is 0 Å². The zero-order valence-electron chi connectivity index (χ0n) is 8.59. The number of aromatic nitrogens is 5. The molecule has 0 saturated heterocycles. The molecule has 2 heterocycles. The molecular weight excluding hydrogens is 192 g/mol. The second-order valence-electron chi connectivity index (χ2n) is 3.33. The van der Waals surface area contributed by atoms with Gasteiger partial charge in [0.05, 0.1) is 11.9 Å². The van der Waals surface area contributed by atoms with Crippen LogP contribution in [0.15, 0.2) is 18.6 Å². The highest BCUT2D eigenvalue weighted by atomic mass is 15.4. The van der Waals surface area contributed by atoms with Gasteiger partial charge in [0, 0.05) is 18.9 Å². The molecule has 0 aliphatic heterocycles. The molecule has 80 valence electrons. The summed E-state index contributed by atoms with van der Waals surface area (Å²) in [6.45, 7) is 2.91. The van der Waals surface area contributed by atoms with Crippen molar-refractivity contribution in [1.82, 2.24) is 25.0 Å². The minimum absolute atomic E-state index is 0.290. The zero-order chi connectivity index (χ0) is 10.7. The lowest BCUT2D eigenvalue weighted by Gasteiger charge is -2.09. The summed E-state index contributed by atoms with van der Waals surface area (Å²) in [5.74, 6) is 0.731. The van der Waals surface area contributed by atoms with Gasteiger partial charge in [-0.05, 0) is 6.42 Å². The third-order valence-electron chi connectivity index (χ3n) is 2.22. The maximum absolute atomic E-state index is 6.04. The molecule has 0 amide bonds. The van der Waals surface area contributed by atoms with Gasteiger partial charge in [0.2, 0.25) is 0 Å². The van der Waals surface area contributed by atoms with Crippen LogP contribution in [0.3, 0.4) is 0 Å². The lowest BCUT2D eigenvalue weighted by Crippen LogP contribution is -2.18. The smallest absolute Gasteiger partial charge is 0.129 e. The van der Waals surface area contributed by atoms with E-state index in [4.69, 9.17) is 5.73 Å². The summed E-state index contributed by atoms with van der Waals surface area (Å²) < 4.78 is 1.81. The van der Waals surface area contributed by atoms with E-state index in [1.54, 1.807) is 18.6 Å². The summed E-state index contributed by atoms with van der Waals surface area (Å²) in [6, 6.07) is -0.290. The predicted octanol–water partition coefficient (Wildman–Crippen LogP) is 0.459. The summed E-state index contributed by atoms with van der Waals surface area (Å²) in [5.41, 5.74) is 6.92. The molecule has 0 bridgehead atoms. The van der Waals surface area contributed by atoms with Crippen LogP contribution in [-0.2, 0) is 6.54 Å². The second kappa shape index (κ2) is 4.22. The molecule has 3 N–H and O–H groups in total. The fourth-order valence-corrected chi connectivity index (χ4v) is 1.48. The number of nitrogens with one attached hydrogen (secondary N) is 1. The van der Waals surface area contributed by atoms with E-state index in [0.29, 0.717) is 0 Å². The molecule has 0 saturated carbocycles. The number of rotatable bonds is 4. The first-order valence-corrected chi connectivity index (χ1v) is 4.96. The van der Waals surface area contributed by atoms with E-state index in [1.807, 2.05) is 4.68 Å². The topological polar surface area (TPSA) is 85.4 Å². The highest BCUT2D eigenvalue weighted by Crippen LogP contribution is 2.14. The number of hydrogen-bond donors (Lipinski definition) is 2. The van der Waals surface area contributed by atoms with Gasteiger partial charge in [-0.2, -0.15) is 0 Å². The van der Waals surface area contributed by atoms with E-state index in [9.17, 15) is 0 Å². The number of aryl methyl sites for hydroxylation is 1. The summed E-state index contributed by atoms with van der Waals surface area (Å²) in [7, 11) is 0. The fourth-order valence-electron chi connectivity index (χ4n) is 1.48. The summed E-state index contributed by atoms with van der Waals surface area (Å²) in [6.07, 6.45) is 6.12. The first kappa shape index (κ1) is 9.85. The standard InChI is InChI=1S/C9H14N6/c1-2-5-15-7(6-13-14-15)8(10)9-11-3-4-12-9/h3-4,6,8H,2,5,10H2,1H3,(H,11,12). The average molecular weight is 206 g/mol. The molecule has 1 atom stereocenters. The number of imidazole rings is 1. The van der Waals surface area contributed by atoms with Gasteiger partial charge in [-0.15, -0.1) is 5.10 Å². The Morgan fingerprint density at radius 2 is 2.47 bits per heavy atom. The third-order valence-corrected chi connectivity index (χ3v) is 2.22. The molecule has 0 fully saturated rings. The molecule has 2 aromatic heterocycles. The van der Waals surface area contributed by atoms with Crippen molar-refractivity contribution in [3.05, 3.63) is 30.1 Å². The molecule has 2 aromatic rings. The maximum Gasteiger partial charge on any atom is 0.129 e. The Bertz CT molecular complexity index is 404. The van der Waals surface area contributed by atoms with Crippen molar-refractivity contribution < 1.29 is 0 Å². The number of H-pyrrole nitrogens is 1. The SMILES string of the molecule is CCCn1nncc1C(N)c1ncc[nH]1.